The highest BCUT2D eigenvalue weighted by Crippen LogP contribution is 2.17. The molecule has 1 N–H and O–H groups in total. The lowest BCUT2D eigenvalue weighted by Crippen LogP contribution is -2.12. The maximum absolute atomic E-state index is 7.72. The second kappa shape index (κ2) is 3.80. The van der Waals surface area contributed by atoms with Gasteiger partial charge in [0.2, 0.25) is 0 Å². The van der Waals surface area contributed by atoms with Gasteiger partial charge in [-0.3, -0.25) is 5.41 Å². The number of aromatic nitrogens is 3. The first-order chi connectivity index (χ1) is 7.84. The molecule has 0 saturated carbocycles. The lowest BCUT2D eigenvalue weighted by atomic mass is 10.2. The van der Waals surface area contributed by atoms with Crippen LogP contribution in [0.5, 0.6) is 0 Å². The molecule has 80 valence electrons. The van der Waals surface area contributed by atoms with Crippen LogP contribution in [0.2, 0.25) is 0 Å². The van der Waals surface area contributed by atoms with Crippen LogP contribution in [0.25, 0.3) is 11.0 Å². The maximum Gasteiger partial charge on any atom is 0.182 e. The minimum Gasteiger partial charge on any atom is -0.320 e. The van der Waals surface area contributed by atoms with E-state index in [1.807, 2.05) is 34.3 Å². The van der Waals surface area contributed by atoms with Gasteiger partial charge in [-0.2, -0.15) is 8.75 Å². The van der Waals surface area contributed by atoms with Crippen LogP contribution in [0.3, 0.4) is 0 Å². The predicted molar refractivity (Wildman–Crippen MR) is 64.7 cm³/mol. The third-order valence-corrected chi connectivity index (χ3v) is 3.65. The summed E-state index contributed by atoms with van der Waals surface area (Å²) in [6.45, 7) is 0.686. The first-order valence-corrected chi connectivity index (χ1v) is 6.34. The van der Waals surface area contributed by atoms with Gasteiger partial charge in [-0.15, -0.1) is 11.3 Å². The van der Waals surface area contributed by atoms with Gasteiger partial charge in [0.25, 0.3) is 0 Å². The predicted octanol–water partition coefficient (Wildman–Crippen LogP) is 2.08. The molecule has 3 aromatic rings. The van der Waals surface area contributed by atoms with Gasteiger partial charge < -0.3 is 4.57 Å². The van der Waals surface area contributed by atoms with Crippen molar-refractivity contribution in [3.63, 3.8) is 0 Å². The van der Waals surface area contributed by atoms with E-state index in [4.69, 9.17) is 5.41 Å². The largest absolute Gasteiger partial charge is 0.320 e. The molecule has 0 spiro atoms. The van der Waals surface area contributed by atoms with E-state index in [1.165, 1.54) is 23.1 Å². The van der Waals surface area contributed by atoms with E-state index < -0.39 is 0 Å². The van der Waals surface area contributed by atoms with E-state index in [1.54, 1.807) is 0 Å². The van der Waals surface area contributed by atoms with E-state index >= 15 is 0 Å². The summed E-state index contributed by atoms with van der Waals surface area (Å²) in [5, 5.41) is 9.64. The van der Waals surface area contributed by atoms with Crippen LogP contribution in [-0.2, 0) is 6.54 Å². The van der Waals surface area contributed by atoms with Crippen molar-refractivity contribution in [1.82, 2.24) is 13.3 Å². The third-order valence-electron chi connectivity index (χ3n) is 2.39. The van der Waals surface area contributed by atoms with Gasteiger partial charge in [0, 0.05) is 17.1 Å². The molecular weight excluding hydrogens is 240 g/mol. The summed E-state index contributed by atoms with van der Waals surface area (Å²) < 4.78 is 10.4. The molecule has 0 fully saturated rings. The smallest absolute Gasteiger partial charge is 0.182 e. The fraction of sp³-hybridized carbons (Fsp3) is 0.100. The molecule has 1 aromatic carbocycles. The number of fused-ring (bicyclic) bond motifs is 1. The molecule has 2 aromatic heterocycles. The van der Waals surface area contributed by atoms with Gasteiger partial charge in [0.05, 0.1) is 18.3 Å². The molecule has 3 rings (SSSR count). The molecule has 0 aliphatic carbocycles. The summed E-state index contributed by atoms with van der Waals surface area (Å²) in [7, 11) is 0. The summed E-state index contributed by atoms with van der Waals surface area (Å²) in [6.07, 6.45) is 1.92. The Morgan fingerprint density at radius 2 is 2.25 bits per heavy atom. The standard InChI is InChI=1S/C10H8N4S2/c11-10-14(4-5-15-10)6-7-2-1-3-8-9(7)13-16-12-8/h1-5,11H,6H2. The lowest BCUT2D eigenvalue weighted by molar-refractivity contribution is 0.763. The minimum atomic E-state index is 0.556. The van der Waals surface area contributed by atoms with Crippen molar-refractivity contribution in [2.45, 2.75) is 6.54 Å². The number of rotatable bonds is 2. The highest BCUT2D eigenvalue weighted by atomic mass is 32.1. The van der Waals surface area contributed by atoms with Crippen molar-refractivity contribution in [1.29, 1.82) is 5.41 Å². The Hall–Kier alpha value is -1.53. The zero-order valence-corrected chi connectivity index (χ0v) is 9.88. The third kappa shape index (κ3) is 1.56. The molecular formula is C10H8N4S2. The molecule has 0 bridgehead atoms. The van der Waals surface area contributed by atoms with Crippen LogP contribution in [0, 0.1) is 5.41 Å². The van der Waals surface area contributed by atoms with Crippen LogP contribution in [-0.4, -0.2) is 13.3 Å². The second-order valence-corrected chi connectivity index (χ2v) is 4.81. The summed E-state index contributed by atoms with van der Waals surface area (Å²) >= 11 is 2.66. The zero-order chi connectivity index (χ0) is 11.0. The average molecular weight is 248 g/mol. The quantitative estimate of drug-likeness (QED) is 0.755. The number of nitrogens with one attached hydrogen (secondary N) is 1. The van der Waals surface area contributed by atoms with Gasteiger partial charge in [-0.25, -0.2) is 0 Å². The van der Waals surface area contributed by atoms with Crippen LogP contribution in [0.1, 0.15) is 5.56 Å². The molecule has 0 saturated heterocycles. The second-order valence-electron chi connectivity index (χ2n) is 3.39. The van der Waals surface area contributed by atoms with Crippen molar-refractivity contribution in [3.8, 4) is 0 Å². The molecule has 16 heavy (non-hydrogen) atoms. The molecule has 2 heterocycles. The molecule has 4 nitrogen and oxygen atoms in total. The van der Waals surface area contributed by atoms with E-state index in [0.29, 0.717) is 11.3 Å². The number of hydrogen-bond donors (Lipinski definition) is 1. The van der Waals surface area contributed by atoms with Crippen molar-refractivity contribution in [3.05, 3.63) is 40.1 Å². The van der Waals surface area contributed by atoms with Crippen molar-refractivity contribution in [2.75, 3.05) is 0 Å². The molecule has 0 unspecified atom stereocenters. The lowest BCUT2D eigenvalue weighted by Gasteiger charge is -2.02. The molecule has 6 heteroatoms. The van der Waals surface area contributed by atoms with Gasteiger partial charge in [-0.1, -0.05) is 12.1 Å². The highest BCUT2D eigenvalue weighted by Gasteiger charge is 2.05. The van der Waals surface area contributed by atoms with Crippen LogP contribution >= 0.6 is 23.1 Å². The van der Waals surface area contributed by atoms with Gasteiger partial charge in [0.1, 0.15) is 11.0 Å². The summed E-state index contributed by atoms with van der Waals surface area (Å²) in [5.74, 6) is 0. The van der Waals surface area contributed by atoms with Gasteiger partial charge in [-0.05, 0) is 6.07 Å². The van der Waals surface area contributed by atoms with Crippen molar-refractivity contribution in [2.24, 2.45) is 0 Å². The van der Waals surface area contributed by atoms with E-state index in [9.17, 15) is 0 Å². The Kier molecular flexibility index (Phi) is 2.30. The first kappa shape index (κ1) is 9.68. The Morgan fingerprint density at radius 3 is 3.06 bits per heavy atom. The SMILES string of the molecule is N=c1sccn1Cc1cccc2nsnc12. The highest BCUT2D eigenvalue weighted by molar-refractivity contribution is 7.06. The summed E-state index contributed by atoms with van der Waals surface area (Å²) in [4.78, 5) is 0.556. The average Bonchev–Trinajstić information content (AvgIpc) is 2.89. The van der Waals surface area contributed by atoms with E-state index in [-0.39, 0.29) is 0 Å². The summed E-state index contributed by atoms with van der Waals surface area (Å²) in [5.41, 5.74) is 3.00. The molecule has 0 radical (unpaired) electrons. The Bertz CT molecular complexity index is 679. The van der Waals surface area contributed by atoms with Crippen molar-refractivity contribution < 1.29 is 0 Å². The maximum atomic E-state index is 7.72. The first-order valence-electron chi connectivity index (χ1n) is 4.73. The number of thiazole rings is 1. The van der Waals surface area contributed by atoms with Gasteiger partial charge >= 0.3 is 0 Å². The molecule has 0 aliphatic heterocycles. The van der Waals surface area contributed by atoms with Crippen LogP contribution in [0.15, 0.2) is 29.8 Å². The van der Waals surface area contributed by atoms with Crippen LogP contribution < -0.4 is 4.80 Å². The Labute approximate surface area is 99.7 Å². The fourth-order valence-corrected chi connectivity index (χ4v) is 2.77. The molecule has 0 atom stereocenters. The number of nitrogens with zero attached hydrogens (tertiary/aromatic N) is 3. The van der Waals surface area contributed by atoms with Gasteiger partial charge in [0.15, 0.2) is 4.80 Å². The number of hydrogen-bond acceptors (Lipinski definition) is 5. The minimum absolute atomic E-state index is 0.556. The van der Waals surface area contributed by atoms with E-state index in [2.05, 4.69) is 8.75 Å². The fourth-order valence-electron chi connectivity index (χ4n) is 1.60. The summed E-state index contributed by atoms with van der Waals surface area (Å²) in [6, 6.07) is 5.98. The molecule has 0 amide bonds. The Morgan fingerprint density at radius 1 is 1.31 bits per heavy atom. The zero-order valence-electron chi connectivity index (χ0n) is 8.25. The van der Waals surface area contributed by atoms with E-state index in [0.717, 1.165) is 16.6 Å². The topological polar surface area (TPSA) is 54.6 Å². The number of benzene rings is 1. The molecule has 0 aliphatic rings. The monoisotopic (exact) mass is 248 g/mol. The van der Waals surface area contributed by atoms with Crippen molar-refractivity contribution >= 4 is 34.1 Å². The van der Waals surface area contributed by atoms with Crippen LogP contribution in [0.4, 0.5) is 0 Å². The normalized spacial score (nSPS) is 11.0. The Balaban J connectivity index is 2.10.